The van der Waals surface area contributed by atoms with Crippen molar-refractivity contribution < 1.29 is 0 Å². The van der Waals surface area contributed by atoms with Crippen molar-refractivity contribution >= 4 is 15.9 Å². The summed E-state index contributed by atoms with van der Waals surface area (Å²) in [6.45, 7) is 0. The quantitative estimate of drug-likeness (QED) is 0.732. The second-order valence-electron chi connectivity index (χ2n) is 4.07. The Bertz CT molecular complexity index is 269. The molecule has 1 aliphatic carbocycles. The van der Waals surface area contributed by atoms with E-state index in [2.05, 4.69) is 33.0 Å². The van der Waals surface area contributed by atoms with Gasteiger partial charge in [-0.25, -0.2) is 0 Å². The van der Waals surface area contributed by atoms with E-state index in [1.807, 2.05) is 12.3 Å². The maximum Gasteiger partial charge on any atom is 0.0403 e. The van der Waals surface area contributed by atoms with Crippen LogP contribution in [0.2, 0.25) is 0 Å². The SMILES string of the molecule is BrC(CCCc1ccccn1)C1CC1. The van der Waals surface area contributed by atoms with Crippen LogP contribution in [-0.2, 0) is 6.42 Å². The number of alkyl halides is 1. The maximum atomic E-state index is 4.32. The van der Waals surface area contributed by atoms with Crippen LogP contribution in [0.25, 0.3) is 0 Å². The molecule has 0 saturated heterocycles. The highest BCUT2D eigenvalue weighted by Gasteiger charge is 2.28. The van der Waals surface area contributed by atoms with Gasteiger partial charge in [0.05, 0.1) is 0 Å². The Kier molecular flexibility index (Phi) is 3.57. The summed E-state index contributed by atoms with van der Waals surface area (Å²) < 4.78 is 0. The van der Waals surface area contributed by atoms with E-state index in [1.54, 1.807) is 0 Å². The minimum absolute atomic E-state index is 0.756. The zero-order valence-electron chi connectivity index (χ0n) is 8.32. The number of aryl methyl sites for hydroxylation is 1. The van der Waals surface area contributed by atoms with Crippen LogP contribution in [0.3, 0.4) is 0 Å². The van der Waals surface area contributed by atoms with Crippen molar-refractivity contribution in [2.75, 3.05) is 0 Å². The highest BCUT2D eigenvalue weighted by atomic mass is 79.9. The van der Waals surface area contributed by atoms with E-state index in [9.17, 15) is 0 Å². The Hall–Kier alpha value is -0.370. The molecule has 1 aromatic rings. The predicted octanol–water partition coefficient (Wildman–Crippen LogP) is 3.58. The molecule has 1 nitrogen and oxygen atoms in total. The molecule has 0 spiro atoms. The van der Waals surface area contributed by atoms with E-state index in [0.29, 0.717) is 0 Å². The molecule has 14 heavy (non-hydrogen) atoms. The molecule has 2 heteroatoms. The van der Waals surface area contributed by atoms with E-state index in [4.69, 9.17) is 0 Å². The van der Waals surface area contributed by atoms with Crippen LogP contribution >= 0.6 is 15.9 Å². The van der Waals surface area contributed by atoms with Gasteiger partial charge in [0.1, 0.15) is 0 Å². The van der Waals surface area contributed by atoms with Crippen LogP contribution in [0.4, 0.5) is 0 Å². The Morgan fingerprint density at radius 3 is 2.93 bits per heavy atom. The maximum absolute atomic E-state index is 4.32. The van der Waals surface area contributed by atoms with E-state index in [1.165, 1.54) is 31.4 Å². The van der Waals surface area contributed by atoms with Crippen LogP contribution in [0.15, 0.2) is 24.4 Å². The number of pyridine rings is 1. The molecule has 0 N–H and O–H groups in total. The summed E-state index contributed by atoms with van der Waals surface area (Å²) >= 11 is 3.76. The van der Waals surface area contributed by atoms with Gasteiger partial charge in [-0.15, -0.1) is 0 Å². The molecule has 0 aromatic carbocycles. The Balaban J connectivity index is 1.67. The van der Waals surface area contributed by atoms with Gasteiger partial charge in [-0.05, 0) is 50.2 Å². The van der Waals surface area contributed by atoms with Crippen LogP contribution in [0.5, 0.6) is 0 Å². The summed E-state index contributed by atoms with van der Waals surface area (Å²) in [5.74, 6) is 0.971. The van der Waals surface area contributed by atoms with E-state index < -0.39 is 0 Å². The van der Waals surface area contributed by atoms with Crippen LogP contribution in [-0.4, -0.2) is 9.81 Å². The number of halogens is 1. The first kappa shape index (κ1) is 10.2. The summed E-state index contributed by atoms with van der Waals surface area (Å²) in [5.41, 5.74) is 1.22. The monoisotopic (exact) mass is 253 g/mol. The van der Waals surface area contributed by atoms with Gasteiger partial charge in [0, 0.05) is 16.7 Å². The second kappa shape index (κ2) is 4.92. The van der Waals surface area contributed by atoms with Gasteiger partial charge in [0.15, 0.2) is 0 Å². The summed E-state index contributed by atoms with van der Waals surface area (Å²) in [6, 6.07) is 6.15. The lowest BCUT2D eigenvalue weighted by Gasteiger charge is -2.06. The number of rotatable bonds is 5. The van der Waals surface area contributed by atoms with Gasteiger partial charge in [0.25, 0.3) is 0 Å². The highest BCUT2D eigenvalue weighted by molar-refractivity contribution is 9.09. The van der Waals surface area contributed by atoms with Gasteiger partial charge in [-0.3, -0.25) is 4.98 Å². The first-order valence-electron chi connectivity index (χ1n) is 5.40. The molecule has 1 atom stereocenters. The molecule has 1 heterocycles. The lowest BCUT2D eigenvalue weighted by molar-refractivity contribution is 0.648. The topological polar surface area (TPSA) is 12.9 Å². The van der Waals surface area contributed by atoms with Crippen molar-refractivity contribution in [1.29, 1.82) is 0 Å². The molecule has 1 aliphatic rings. The predicted molar refractivity (Wildman–Crippen MR) is 62.6 cm³/mol. The van der Waals surface area contributed by atoms with E-state index in [0.717, 1.165) is 17.2 Å². The van der Waals surface area contributed by atoms with Crippen molar-refractivity contribution in [3.05, 3.63) is 30.1 Å². The van der Waals surface area contributed by atoms with Crippen molar-refractivity contribution in [3.8, 4) is 0 Å². The number of aromatic nitrogens is 1. The lowest BCUT2D eigenvalue weighted by Crippen LogP contribution is -2.01. The zero-order valence-corrected chi connectivity index (χ0v) is 9.91. The third-order valence-electron chi connectivity index (χ3n) is 2.77. The first-order chi connectivity index (χ1) is 6.86. The van der Waals surface area contributed by atoms with Crippen LogP contribution in [0, 0.1) is 5.92 Å². The molecular weight excluding hydrogens is 238 g/mol. The third-order valence-corrected chi connectivity index (χ3v) is 3.98. The summed E-state index contributed by atoms with van der Waals surface area (Å²) in [5, 5.41) is 0. The van der Waals surface area contributed by atoms with Crippen LogP contribution in [0.1, 0.15) is 31.4 Å². The van der Waals surface area contributed by atoms with E-state index in [-0.39, 0.29) is 0 Å². The average Bonchev–Trinajstić information content (AvgIpc) is 3.02. The second-order valence-corrected chi connectivity index (χ2v) is 5.24. The number of nitrogens with zero attached hydrogens (tertiary/aromatic N) is 1. The van der Waals surface area contributed by atoms with Crippen molar-refractivity contribution in [2.24, 2.45) is 5.92 Å². The molecule has 0 radical (unpaired) electrons. The van der Waals surface area contributed by atoms with Crippen molar-refractivity contribution in [3.63, 3.8) is 0 Å². The molecule has 1 unspecified atom stereocenters. The lowest BCUT2D eigenvalue weighted by atomic mass is 10.1. The van der Waals surface area contributed by atoms with Gasteiger partial charge >= 0.3 is 0 Å². The van der Waals surface area contributed by atoms with Gasteiger partial charge in [0.2, 0.25) is 0 Å². The Morgan fingerprint density at radius 2 is 2.29 bits per heavy atom. The highest BCUT2D eigenvalue weighted by Crippen LogP contribution is 2.38. The van der Waals surface area contributed by atoms with Gasteiger partial charge < -0.3 is 0 Å². The molecule has 0 amide bonds. The van der Waals surface area contributed by atoms with E-state index >= 15 is 0 Å². The Labute approximate surface area is 94.1 Å². The van der Waals surface area contributed by atoms with Crippen molar-refractivity contribution in [2.45, 2.75) is 36.9 Å². The molecule has 2 rings (SSSR count). The average molecular weight is 254 g/mol. The molecule has 1 saturated carbocycles. The molecular formula is C12H16BrN. The molecule has 76 valence electrons. The first-order valence-corrected chi connectivity index (χ1v) is 6.32. The summed E-state index contributed by atoms with van der Waals surface area (Å²) in [7, 11) is 0. The molecule has 0 bridgehead atoms. The number of hydrogen-bond donors (Lipinski definition) is 0. The summed E-state index contributed by atoms with van der Waals surface area (Å²) in [6.07, 6.45) is 8.40. The zero-order chi connectivity index (χ0) is 9.80. The fourth-order valence-electron chi connectivity index (χ4n) is 1.72. The largest absolute Gasteiger partial charge is 0.261 e. The van der Waals surface area contributed by atoms with Crippen molar-refractivity contribution in [1.82, 2.24) is 4.98 Å². The minimum Gasteiger partial charge on any atom is -0.261 e. The fourth-order valence-corrected chi connectivity index (χ4v) is 2.57. The standard InChI is InChI=1S/C12H16BrN/c13-12(10-7-8-10)6-3-5-11-4-1-2-9-14-11/h1-2,4,9-10,12H,3,5-8H2. The van der Waals surface area contributed by atoms with Gasteiger partial charge in [-0.1, -0.05) is 22.0 Å². The summed E-state index contributed by atoms with van der Waals surface area (Å²) in [4.78, 5) is 5.08. The molecule has 0 aliphatic heterocycles. The smallest absolute Gasteiger partial charge is 0.0403 e. The van der Waals surface area contributed by atoms with Gasteiger partial charge in [-0.2, -0.15) is 0 Å². The van der Waals surface area contributed by atoms with Crippen LogP contribution < -0.4 is 0 Å². The molecule has 1 fully saturated rings. The molecule has 1 aromatic heterocycles. The third kappa shape index (κ3) is 3.09. The number of hydrogen-bond acceptors (Lipinski definition) is 1. The normalized spacial score (nSPS) is 18.1. The minimum atomic E-state index is 0.756. The fraction of sp³-hybridized carbons (Fsp3) is 0.583. The Morgan fingerprint density at radius 1 is 1.43 bits per heavy atom.